The molecule has 0 aliphatic rings. The number of nitrogens with zero attached hydrogens (tertiary/aromatic N) is 1. The van der Waals surface area contributed by atoms with Crippen molar-refractivity contribution in [1.29, 1.82) is 0 Å². The molecule has 3 aromatic rings. The van der Waals surface area contributed by atoms with Crippen LogP contribution in [0.4, 0.5) is 11.4 Å². The monoisotopic (exact) mass is 508 g/mol. The molecular weight excluding hydrogens is 476 g/mol. The summed E-state index contributed by atoms with van der Waals surface area (Å²) in [4.78, 5) is 25.7. The maximum absolute atomic E-state index is 13.0. The molecule has 3 rings (SSSR count). The van der Waals surface area contributed by atoms with E-state index in [0.29, 0.717) is 28.3 Å². The molecule has 0 bridgehead atoms. The Balaban J connectivity index is 1.65. The van der Waals surface area contributed by atoms with Crippen molar-refractivity contribution in [2.24, 2.45) is 0 Å². The maximum Gasteiger partial charge on any atom is 0.265 e. The maximum atomic E-state index is 13.0. The molecule has 0 saturated heterocycles. The largest absolute Gasteiger partial charge is 0.481 e. The topological polar surface area (TPSA) is 92.8 Å². The second-order valence-corrected chi connectivity index (χ2v) is 11.7. The molecule has 1 atom stereocenters. The zero-order chi connectivity index (χ0) is 26.7. The minimum Gasteiger partial charge on any atom is -0.481 e. The van der Waals surface area contributed by atoms with Crippen molar-refractivity contribution in [1.82, 2.24) is 0 Å². The molecular formula is C28H32N2O5S. The van der Waals surface area contributed by atoms with Gasteiger partial charge in [-0.3, -0.25) is 13.9 Å². The summed E-state index contributed by atoms with van der Waals surface area (Å²) in [6, 6.07) is 20.8. The van der Waals surface area contributed by atoms with Gasteiger partial charge in [-0.05, 0) is 54.3 Å². The normalized spacial score (nSPS) is 12.5. The Labute approximate surface area is 213 Å². The van der Waals surface area contributed by atoms with Crippen molar-refractivity contribution >= 4 is 33.1 Å². The van der Waals surface area contributed by atoms with Gasteiger partial charge >= 0.3 is 0 Å². The fraction of sp³-hybridized carbons (Fsp3) is 0.286. The van der Waals surface area contributed by atoms with E-state index in [2.05, 4.69) is 26.1 Å². The van der Waals surface area contributed by atoms with E-state index in [-0.39, 0.29) is 17.1 Å². The van der Waals surface area contributed by atoms with Crippen LogP contribution in [0, 0.1) is 0 Å². The number of carbonyl (C=O) groups excluding carboxylic acids is 2. The van der Waals surface area contributed by atoms with Crippen LogP contribution in [-0.2, 0) is 20.2 Å². The third-order valence-electron chi connectivity index (χ3n) is 5.79. The molecule has 1 N–H and O–H groups in total. The number of ketones is 1. The summed E-state index contributed by atoms with van der Waals surface area (Å²) < 4.78 is 30.2. The number of nitrogens with one attached hydrogen (secondary N) is 1. The Kier molecular flexibility index (Phi) is 7.89. The van der Waals surface area contributed by atoms with Gasteiger partial charge in [-0.2, -0.15) is 0 Å². The van der Waals surface area contributed by atoms with Crippen molar-refractivity contribution in [2.45, 2.75) is 39.2 Å². The molecule has 0 aromatic heterocycles. The fourth-order valence-corrected chi connectivity index (χ4v) is 3.96. The summed E-state index contributed by atoms with van der Waals surface area (Å²) in [7, 11) is -1.91. The standard InChI is InChI=1S/C28H32N2O5S/c1-19(35-25-16-14-24(15-17-25)30(5)36(6,33)34)27(32)29-23-9-7-8-21(18-23)26(31)20-10-12-22(13-11-20)28(2,3)4/h7-19H,1-6H3,(H,29,32). The second kappa shape index (κ2) is 10.5. The Morgan fingerprint density at radius 3 is 2.08 bits per heavy atom. The van der Waals surface area contributed by atoms with Crippen LogP contribution in [0.3, 0.4) is 0 Å². The van der Waals surface area contributed by atoms with Crippen molar-refractivity contribution in [3.8, 4) is 5.75 Å². The van der Waals surface area contributed by atoms with Crippen LogP contribution in [0.5, 0.6) is 5.75 Å². The van der Waals surface area contributed by atoms with Crippen LogP contribution in [0.1, 0.15) is 49.2 Å². The van der Waals surface area contributed by atoms with E-state index in [4.69, 9.17) is 4.74 Å². The van der Waals surface area contributed by atoms with Gasteiger partial charge in [0.05, 0.1) is 11.9 Å². The first kappa shape index (κ1) is 26.9. The highest BCUT2D eigenvalue weighted by molar-refractivity contribution is 7.92. The van der Waals surface area contributed by atoms with E-state index >= 15 is 0 Å². The molecule has 0 aliphatic heterocycles. The minimum absolute atomic E-state index is 0.000907. The van der Waals surface area contributed by atoms with E-state index in [9.17, 15) is 18.0 Å². The molecule has 0 spiro atoms. The summed E-state index contributed by atoms with van der Waals surface area (Å²) in [6.45, 7) is 7.96. The number of ether oxygens (including phenoxy) is 1. The molecule has 0 fully saturated rings. The number of amides is 1. The van der Waals surface area contributed by atoms with E-state index in [1.54, 1.807) is 55.5 Å². The summed E-state index contributed by atoms with van der Waals surface area (Å²) in [5.74, 6) is -0.0904. The number of benzene rings is 3. The lowest BCUT2D eigenvalue weighted by Gasteiger charge is -2.19. The van der Waals surface area contributed by atoms with Crippen LogP contribution in [0.25, 0.3) is 0 Å². The van der Waals surface area contributed by atoms with Gasteiger partial charge in [0.2, 0.25) is 10.0 Å². The predicted molar refractivity (Wildman–Crippen MR) is 143 cm³/mol. The molecule has 7 nitrogen and oxygen atoms in total. The zero-order valence-corrected chi connectivity index (χ0v) is 22.2. The smallest absolute Gasteiger partial charge is 0.265 e. The summed E-state index contributed by atoms with van der Waals surface area (Å²) in [6.07, 6.45) is 0.294. The molecule has 36 heavy (non-hydrogen) atoms. The lowest BCUT2D eigenvalue weighted by atomic mass is 9.86. The third-order valence-corrected chi connectivity index (χ3v) is 6.99. The molecule has 0 saturated carbocycles. The van der Waals surface area contributed by atoms with Gasteiger partial charge in [0.25, 0.3) is 5.91 Å². The lowest BCUT2D eigenvalue weighted by Crippen LogP contribution is -2.30. The highest BCUT2D eigenvalue weighted by Gasteiger charge is 2.18. The summed E-state index contributed by atoms with van der Waals surface area (Å²) in [5, 5.41) is 2.78. The molecule has 1 amide bonds. The first-order chi connectivity index (χ1) is 16.8. The first-order valence-electron chi connectivity index (χ1n) is 11.5. The fourth-order valence-electron chi connectivity index (χ4n) is 3.45. The molecule has 0 heterocycles. The van der Waals surface area contributed by atoms with Crippen molar-refractivity contribution in [3.63, 3.8) is 0 Å². The minimum atomic E-state index is -3.37. The van der Waals surface area contributed by atoms with Gasteiger partial charge in [-0.1, -0.05) is 57.2 Å². The number of hydrogen-bond donors (Lipinski definition) is 1. The Bertz CT molecular complexity index is 1340. The SMILES string of the molecule is CC(Oc1ccc(N(C)S(C)(=O)=O)cc1)C(=O)Nc1cccc(C(=O)c2ccc(C(C)(C)C)cc2)c1. The average molecular weight is 509 g/mol. The van der Waals surface area contributed by atoms with Crippen molar-refractivity contribution in [2.75, 3.05) is 22.9 Å². The number of sulfonamides is 1. The molecule has 190 valence electrons. The van der Waals surface area contributed by atoms with E-state index in [1.807, 2.05) is 24.3 Å². The van der Waals surface area contributed by atoms with Crippen LogP contribution in [0.15, 0.2) is 72.8 Å². The number of rotatable bonds is 8. The van der Waals surface area contributed by atoms with Crippen molar-refractivity contribution < 1.29 is 22.7 Å². The highest BCUT2D eigenvalue weighted by Crippen LogP contribution is 2.24. The number of anilines is 2. The van der Waals surface area contributed by atoms with Crippen molar-refractivity contribution in [3.05, 3.63) is 89.5 Å². The zero-order valence-electron chi connectivity index (χ0n) is 21.4. The average Bonchev–Trinajstić information content (AvgIpc) is 2.82. The van der Waals surface area contributed by atoms with Crippen LogP contribution in [-0.4, -0.2) is 39.5 Å². The van der Waals surface area contributed by atoms with Gasteiger partial charge in [-0.15, -0.1) is 0 Å². The number of hydrogen-bond acceptors (Lipinski definition) is 5. The van der Waals surface area contributed by atoms with Crippen LogP contribution < -0.4 is 14.4 Å². The molecule has 8 heteroatoms. The lowest BCUT2D eigenvalue weighted by molar-refractivity contribution is -0.122. The number of carbonyl (C=O) groups is 2. The van der Waals surface area contributed by atoms with E-state index in [0.717, 1.165) is 16.1 Å². The van der Waals surface area contributed by atoms with Gasteiger partial charge in [0, 0.05) is 23.9 Å². The van der Waals surface area contributed by atoms with Gasteiger partial charge in [0.15, 0.2) is 11.9 Å². The Morgan fingerprint density at radius 1 is 0.917 bits per heavy atom. The predicted octanol–water partition coefficient (Wildman–Crippen LogP) is 5.02. The Hall–Kier alpha value is -3.65. The summed E-state index contributed by atoms with van der Waals surface area (Å²) in [5.41, 5.74) is 3.16. The molecule has 0 aliphatic carbocycles. The van der Waals surface area contributed by atoms with Gasteiger partial charge < -0.3 is 10.1 Å². The van der Waals surface area contributed by atoms with E-state index in [1.165, 1.54) is 7.05 Å². The second-order valence-electron chi connectivity index (χ2n) is 9.71. The highest BCUT2D eigenvalue weighted by atomic mass is 32.2. The van der Waals surface area contributed by atoms with E-state index < -0.39 is 16.1 Å². The van der Waals surface area contributed by atoms with Gasteiger partial charge in [-0.25, -0.2) is 8.42 Å². The molecule has 3 aromatic carbocycles. The molecule has 0 radical (unpaired) electrons. The van der Waals surface area contributed by atoms with Crippen LogP contribution >= 0.6 is 0 Å². The molecule has 1 unspecified atom stereocenters. The quantitative estimate of drug-likeness (QED) is 0.432. The van der Waals surface area contributed by atoms with Gasteiger partial charge in [0.1, 0.15) is 5.75 Å². The van der Waals surface area contributed by atoms with Crippen LogP contribution in [0.2, 0.25) is 0 Å². The summed E-state index contributed by atoms with van der Waals surface area (Å²) >= 11 is 0. The third kappa shape index (κ3) is 6.73. The Morgan fingerprint density at radius 2 is 1.53 bits per heavy atom. The first-order valence-corrected chi connectivity index (χ1v) is 13.4.